The van der Waals surface area contributed by atoms with E-state index in [9.17, 15) is 9.18 Å². The summed E-state index contributed by atoms with van der Waals surface area (Å²) in [6, 6.07) is 4.61. The van der Waals surface area contributed by atoms with Gasteiger partial charge in [-0.3, -0.25) is 4.79 Å². The van der Waals surface area contributed by atoms with E-state index in [4.69, 9.17) is 5.11 Å². The van der Waals surface area contributed by atoms with E-state index in [1.165, 1.54) is 6.07 Å². The molecule has 0 aliphatic rings. The SMILES string of the molecule is CNC(=O)CCN(C)c1cccc(F)c1CO. The van der Waals surface area contributed by atoms with E-state index in [1.54, 1.807) is 31.1 Å². The molecular formula is C12H17FN2O2. The van der Waals surface area contributed by atoms with Crippen molar-refractivity contribution in [3.05, 3.63) is 29.6 Å². The molecule has 1 amide bonds. The third-order valence-electron chi connectivity index (χ3n) is 2.62. The molecule has 94 valence electrons. The molecule has 0 aliphatic carbocycles. The molecule has 0 unspecified atom stereocenters. The Balaban J connectivity index is 2.78. The fraction of sp³-hybridized carbons (Fsp3) is 0.417. The quantitative estimate of drug-likeness (QED) is 0.803. The summed E-state index contributed by atoms with van der Waals surface area (Å²) in [5.74, 6) is -0.504. The molecule has 0 heterocycles. The number of nitrogens with zero attached hydrogens (tertiary/aromatic N) is 1. The Hall–Kier alpha value is -1.62. The second-order valence-electron chi connectivity index (χ2n) is 3.74. The number of amides is 1. The third kappa shape index (κ3) is 3.42. The van der Waals surface area contributed by atoms with Gasteiger partial charge in [-0.05, 0) is 12.1 Å². The average Bonchev–Trinajstić information content (AvgIpc) is 2.35. The maximum absolute atomic E-state index is 13.4. The first-order chi connectivity index (χ1) is 8.10. The van der Waals surface area contributed by atoms with E-state index < -0.39 is 5.82 Å². The smallest absolute Gasteiger partial charge is 0.221 e. The van der Waals surface area contributed by atoms with Crippen LogP contribution in [-0.4, -0.2) is 31.7 Å². The van der Waals surface area contributed by atoms with Crippen molar-refractivity contribution in [3.63, 3.8) is 0 Å². The number of hydrogen-bond donors (Lipinski definition) is 2. The molecule has 5 heteroatoms. The highest BCUT2D eigenvalue weighted by atomic mass is 19.1. The summed E-state index contributed by atoms with van der Waals surface area (Å²) in [5.41, 5.74) is 0.864. The maximum Gasteiger partial charge on any atom is 0.221 e. The zero-order valence-corrected chi connectivity index (χ0v) is 10.0. The number of aliphatic hydroxyl groups excluding tert-OH is 1. The molecule has 4 nitrogen and oxygen atoms in total. The molecular weight excluding hydrogens is 223 g/mol. The van der Waals surface area contributed by atoms with E-state index in [0.717, 1.165) is 0 Å². The molecule has 0 bridgehead atoms. The van der Waals surface area contributed by atoms with Gasteiger partial charge in [0, 0.05) is 38.3 Å². The fourth-order valence-corrected chi connectivity index (χ4v) is 1.58. The molecule has 0 spiro atoms. The molecule has 0 fully saturated rings. The van der Waals surface area contributed by atoms with Crippen LogP contribution >= 0.6 is 0 Å². The van der Waals surface area contributed by atoms with E-state index in [-0.39, 0.29) is 18.1 Å². The molecule has 17 heavy (non-hydrogen) atoms. The second kappa shape index (κ2) is 6.20. The van der Waals surface area contributed by atoms with Crippen LogP contribution in [0.1, 0.15) is 12.0 Å². The highest BCUT2D eigenvalue weighted by Crippen LogP contribution is 2.22. The summed E-state index contributed by atoms with van der Waals surface area (Å²) in [4.78, 5) is 12.9. The van der Waals surface area contributed by atoms with Crippen LogP contribution in [0.15, 0.2) is 18.2 Å². The number of aliphatic hydroxyl groups is 1. The lowest BCUT2D eigenvalue weighted by Crippen LogP contribution is -2.27. The van der Waals surface area contributed by atoms with Crippen LogP contribution in [0, 0.1) is 5.82 Å². The summed E-state index contributed by atoms with van der Waals surface area (Å²) in [5, 5.41) is 11.6. The highest BCUT2D eigenvalue weighted by Gasteiger charge is 2.11. The molecule has 0 radical (unpaired) electrons. The van der Waals surface area contributed by atoms with Crippen molar-refractivity contribution < 1.29 is 14.3 Å². The summed E-state index contributed by atoms with van der Waals surface area (Å²) in [7, 11) is 3.33. The topological polar surface area (TPSA) is 52.6 Å². The number of anilines is 1. The van der Waals surface area contributed by atoms with Crippen molar-refractivity contribution in [2.75, 3.05) is 25.5 Å². The van der Waals surface area contributed by atoms with Crippen LogP contribution in [-0.2, 0) is 11.4 Å². The van der Waals surface area contributed by atoms with Crippen molar-refractivity contribution in [3.8, 4) is 0 Å². The van der Waals surface area contributed by atoms with Gasteiger partial charge in [-0.15, -0.1) is 0 Å². The van der Waals surface area contributed by atoms with Gasteiger partial charge in [0.05, 0.1) is 6.61 Å². The average molecular weight is 240 g/mol. The first-order valence-corrected chi connectivity index (χ1v) is 5.40. The van der Waals surface area contributed by atoms with Crippen LogP contribution in [0.25, 0.3) is 0 Å². The largest absolute Gasteiger partial charge is 0.391 e. The maximum atomic E-state index is 13.4. The fourth-order valence-electron chi connectivity index (χ4n) is 1.58. The van der Waals surface area contributed by atoms with Crippen LogP contribution in [0.5, 0.6) is 0 Å². The van der Waals surface area contributed by atoms with E-state index in [0.29, 0.717) is 18.7 Å². The van der Waals surface area contributed by atoms with Crippen molar-refractivity contribution in [2.45, 2.75) is 13.0 Å². The number of carbonyl (C=O) groups excluding carboxylic acids is 1. The Morgan fingerprint density at radius 1 is 1.53 bits per heavy atom. The Kier molecular flexibility index (Phi) is 4.90. The summed E-state index contributed by atoms with van der Waals surface area (Å²) in [6.45, 7) is 0.114. The predicted molar refractivity (Wildman–Crippen MR) is 64.3 cm³/mol. The van der Waals surface area contributed by atoms with Gasteiger partial charge in [0.15, 0.2) is 0 Å². The monoisotopic (exact) mass is 240 g/mol. The van der Waals surface area contributed by atoms with Gasteiger partial charge in [-0.1, -0.05) is 6.07 Å². The first kappa shape index (κ1) is 13.4. The van der Waals surface area contributed by atoms with Crippen LogP contribution in [0.2, 0.25) is 0 Å². The molecule has 0 aliphatic heterocycles. The molecule has 1 aromatic rings. The van der Waals surface area contributed by atoms with Crippen molar-refractivity contribution in [2.24, 2.45) is 0 Å². The number of hydrogen-bond acceptors (Lipinski definition) is 3. The highest BCUT2D eigenvalue weighted by molar-refractivity contribution is 5.76. The minimum Gasteiger partial charge on any atom is -0.391 e. The van der Waals surface area contributed by atoms with Gasteiger partial charge in [-0.25, -0.2) is 4.39 Å². The van der Waals surface area contributed by atoms with Crippen molar-refractivity contribution in [1.82, 2.24) is 5.32 Å². The van der Waals surface area contributed by atoms with Gasteiger partial charge in [0.2, 0.25) is 5.91 Å². The van der Waals surface area contributed by atoms with Crippen LogP contribution in [0.4, 0.5) is 10.1 Å². The Labute approximate surface area is 100 Å². The van der Waals surface area contributed by atoms with E-state index in [1.807, 2.05) is 0 Å². The predicted octanol–water partition coefficient (Wildman–Crippen LogP) is 0.890. The summed E-state index contributed by atoms with van der Waals surface area (Å²) in [6.07, 6.45) is 0.328. The summed E-state index contributed by atoms with van der Waals surface area (Å²) >= 11 is 0. The lowest BCUT2D eigenvalue weighted by atomic mass is 10.1. The number of halogens is 1. The third-order valence-corrected chi connectivity index (χ3v) is 2.62. The molecule has 2 N–H and O–H groups in total. The number of nitrogens with one attached hydrogen (secondary N) is 1. The lowest BCUT2D eigenvalue weighted by molar-refractivity contribution is -0.120. The molecule has 0 saturated carbocycles. The normalized spacial score (nSPS) is 10.1. The number of benzene rings is 1. The van der Waals surface area contributed by atoms with Gasteiger partial charge in [0.25, 0.3) is 0 Å². The number of rotatable bonds is 5. The van der Waals surface area contributed by atoms with Crippen molar-refractivity contribution >= 4 is 11.6 Å². The van der Waals surface area contributed by atoms with Crippen LogP contribution < -0.4 is 10.2 Å². The van der Waals surface area contributed by atoms with Gasteiger partial charge in [-0.2, -0.15) is 0 Å². The standard InChI is InChI=1S/C12H17FN2O2/c1-14-12(17)6-7-15(2)11-5-3-4-10(13)9(11)8-16/h3-5,16H,6-8H2,1-2H3,(H,14,17). The van der Waals surface area contributed by atoms with E-state index in [2.05, 4.69) is 5.32 Å². The van der Waals surface area contributed by atoms with Crippen molar-refractivity contribution in [1.29, 1.82) is 0 Å². The lowest BCUT2D eigenvalue weighted by Gasteiger charge is -2.21. The van der Waals surface area contributed by atoms with Gasteiger partial charge >= 0.3 is 0 Å². The Morgan fingerprint density at radius 3 is 2.82 bits per heavy atom. The molecule has 0 saturated heterocycles. The zero-order chi connectivity index (χ0) is 12.8. The minimum atomic E-state index is -0.434. The van der Waals surface area contributed by atoms with Gasteiger partial charge in [0.1, 0.15) is 5.82 Å². The Bertz CT molecular complexity index is 396. The summed E-state index contributed by atoms with van der Waals surface area (Å²) < 4.78 is 13.4. The van der Waals surface area contributed by atoms with Gasteiger partial charge < -0.3 is 15.3 Å². The molecule has 1 rings (SSSR count). The Morgan fingerprint density at radius 2 is 2.24 bits per heavy atom. The molecule has 0 atom stereocenters. The second-order valence-corrected chi connectivity index (χ2v) is 3.74. The number of carbonyl (C=O) groups is 1. The zero-order valence-electron chi connectivity index (χ0n) is 10.0. The first-order valence-electron chi connectivity index (χ1n) is 5.40. The van der Waals surface area contributed by atoms with E-state index >= 15 is 0 Å². The van der Waals surface area contributed by atoms with Crippen LogP contribution in [0.3, 0.4) is 0 Å². The minimum absolute atomic E-state index is 0.0706. The molecule has 0 aromatic heterocycles. The molecule has 1 aromatic carbocycles.